The normalized spacial score (nSPS) is 21.2. The summed E-state index contributed by atoms with van der Waals surface area (Å²) in [6.45, 7) is 0. The number of phenolic OH excluding ortho intramolecular Hbond substituents is 1. The van der Waals surface area contributed by atoms with Gasteiger partial charge in [0.15, 0.2) is 0 Å². The molecule has 0 bridgehead atoms. The molecule has 13 heavy (non-hydrogen) atoms. The fourth-order valence-electron chi connectivity index (χ4n) is 1.94. The summed E-state index contributed by atoms with van der Waals surface area (Å²) in [6.07, 6.45) is 3.03. The fourth-order valence-corrected chi connectivity index (χ4v) is 2.31. The van der Waals surface area contributed by atoms with Gasteiger partial charge >= 0.3 is 0 Å². The van der Waals surface area contributed by atoms with Crippen LogP contribution < -0.4 is 5.73 Å². The number of halogens is 1. The van der Waals surface area contributed by atoms with Crippen LogP contribution in [-0.4, -0.2) is 5.11 Å². The predicted molar refractivity (Wildman–Crippen MR) is 53.0 cm³/mol. The molecule has 0 aliphatic heterocycles. The van der Waals surface area contributed by atoms with E-state index in [4.69, 9.17) is 17.3 Å². The van der Waals surface area contributed by atoms with E-state index < -0.39 is 0 Å². The molecule has 0 fully saturated rings. The van der Waals surface area contributed by atoms with E-state index in [1.54, 1.807) is 12.1 Å². The monoisotopic (exact) mass is 197 g/mol. The first-order valence-corrected chi connectivity index (χ1v) is 4.83. The third kappa shape index (κ3) is 1.52. The molecule has 1 aliphatic rings. The van der Waals surface area contributed by atoms with Crippen LogP contribution in [0, 0.1) is 0 Å². The zero-order chi connectivity index (χ0) is 9.42. The van der Waals surface area contributed by atoms with E-state index in [9.17, 15) is 5.11 Å². The van der Waals surface area contributed by atoms with Crippen LogP contribution in [-0.2, 0) is 6.42 Å². The predicted octanol–water partition coefficient (Wildman–Crippen LogP) is 2.38. The minimum absolute atomic E-state index is 0.0387. The second-order valence-corrected chi connectivity index (χ2v) is 3.91. The molecular weight excluding hydrogens is 186 g/mol. The maximum absolute atomic E-state index is 9.33. The van der Waals surface area contributed by atoms with Crippen molar-refractivity contribution in [1.82, 2.24) is 0 Å². The first-order chi connectivity index (χ1) is 6.18. The molecule has 0 radical (unpaired) electrons. The molecule has 1 aliphatic carbocycles. The molecule has 2 nitrogen and oxygen atoms in total. The van der Waals surface area contributed by atoms with Gasteiger partial charge in [0.2, 0.25) is 0 Å². The van der Waals surface area contributed by atoms with Gasteiger partial charge in [0, 0.05) is 11.1 Å². The van der Waals surface area contributed by atoms with Gasteiger partial charge in [-0.2, -0.15) is 0 Å². The number of hydrogen-bond acceptors (Lipinski definition) is 2. The Morgan fingerprint density at radius 2 is 2.23 bits per heavy atom. The lowest BCUT2D eigenvalue weighted by atomic mass is 9.88. The van der Waals surface area contributed by atoms with Gasteiger partial charge in [0.1, 0.15) is 5.75 Å². The third-order valence-corrected chi connectivity index (χ3v) is 2.84. The van der Waals surface area contributed by atoms with Crippen LogP contribution in [0.2, 0.25) is 5.02 Å². The summed E-state index contributed by atoms with van der Waals surface area (Å²) in [5.41, 5.74) is 8.05. The van der Waals surface area contributed by atoms with E-state index in [-0.39, 0.29) is 11.8 Å². The quantitative estimate of drug-likeness (QED) is 0.671. The summed E-state index contributed by atoms with van der Waals surface area (Å²) in [4.78, 5) is 0. The maximum atomic E-state index is 9.33. The molecule has 0 amide bonds. The Balaban J connectivity index is 2.56. The molecule has 3 N–H and O–H groups in total. The van der Waals surface area contributed by atoms with Gasteiger partial charge < -0.3 is 10.8 Å². The number of aryl methyl sites for hydroxylation is 1. The zero-order valence-corrected chi connectivity index (χ0v) is 8.01. The van der Waals surface area contributed by atoms with Crippen molar-refractivity contribution in [2.75, 3.05) is 0 Å². The molecule has 1 atom stereocenters. The van der Waals surface area contributed by atoms with Crippen molar-refractivity contribution in [3.63, 3.8) is 0 Å². The van der Waals surface area contributed by atoms with Gasteiger partial charge in [0.05, 0.1) is 0 Å². The molecule has 0 saturated carbocycles. The molecule has 0 saturated heterocycles. The maximum Gasteiger partial charge on any atom is 0.117 e. The summed E-state index contributed by atoms with van der Waals surface area (Å²) < 4.78 is 0. The topological polar surface area (TPSA) is 46.2 Å². The van der Waals surface area contributed by atoms with Crippen molar-refractivity contribution in [2.24, 2.45) is 5.73 Å². The van der Waals surface area contributed by atoms with E-state index in [1.807, 2.05) is 0 Å². The Morgan fingerprint density at radius 3 is 3.00 bits per heavy atom. The molecule has 1 aromatic carbocycles. The first kappa shape index (κ1) is 8.85. The van der Waals surface area contributed by atoms with Crippen LogP contribution in [0.5, 0.6) is 5.75 Å². The van der Waals surface area contributed by atoms with Crippen molar-refractivity contribution < 1.29 is 5.11 Å². The number of nitrogens with two attached hydrogens (primary N) is 1. The van der Waals surface area contributed by atoms with E-state index in [2.05, 4.69) is 0 Å². The Labute approximate surface area is 82.3 Å². The lowest BCUT2D eigenvalue weighted by molar-refractivity contribution is 0.471. The van der Waals surface area contributed by atoms with Crippen molar-refractivity contribution in [3.05, 3.63) is 28.3 Å². The molecule has 70 valence electrons. The van der Waals surface area contributed by atoms with Crippen LogP contribution in [0.25, 0.3) is 0 Å². The van der Waals surface area contributed by atoms with Gasteiger partial charge in [-0.15, -0.1) is 0 Å². The lowest BCUT2D eigenvalue weighted by Gasteiger charge is -2.23. The van der Waals surface area contributed by atoms with Gasteiger partial charge in [0.25, 0.3) is 0 Å². The Bertz CT molecular complexity index is 338. The smallest absolute Gasteiger partial charge is 0.117 e. The molecule has 2 rings (SSSR count). The molecule has 0 aromatic heterocycles. The van der Waals surface area contributed by atoms with Crippen LogP contribution >= 0.6 is 11.6 Å². The van der Waals surface area contributed by atoms with Crippen LogP contribution in [0.15, 0.2) is 12.1 Å². The summed E-state index contributed by atoms with van der Waals surface area (Å²) in [5, 5.41) is 9.93. The van der Waals surface area contributed by atoms with Gasteiger partial charge in [-0.1, -0.05) is 11.6 Å². The lowest BCUT2D eigenvalue weighted by Crippen LogP contribution is -2.17. The minimum Gasteiger partial charge on any atom is -0.508 e. The van der Waals surface area contributed by atoms with E-state index in [0.717, 1.165) is 30.4 Å². The van der Waals surface area contributed by atoms with Crippen molar-refractivity contribution >= 4 is 11.6 Å². The Hall–Kier alpha value is -0.730. The Kier molecular flexibility index (Phi) is 2.18. The van der Waals surface area contributed by atoms with E-state index in [1.165, 1.54) is 0 Å². The van der Waals surface area contributed by atoms with E-state index in [0.29, 0.717) is 5.02 Å². The minimum atomic E-state index is 0.0387. The highest BCUT2D eigenvalue weighted by Crippen LogP contribution is 2.36. The molecule has 1 aromatic rings. The summed E-state index contributed by atoms with van der Waals surface area (Å²) in [5.74, 6) is 0.234. The molecular formula is C10H12ClNO. The summed E-state index contributed by atoms with van der Waals surface area (Å²) in [6, 6.07) is 3.36. The standard InChI is InChI=1S/C10H12ClNO/c11-8-5-7(13)4-6-2-1-3-9(12)10(6)8/h4-5,9,13H,1-3,12H2. The fraction of sp³-hybridized carbons (Fsp3) is 0.400. The van der Waals surface area contributed by atoms with Crippen molar-refractivity contribution in [2.45, 2.75) is 25.3 Å². The van der Waals surface area contributed by atoms with Crippen LogP contribution in [0.3, 0.4) is 0 Å². The second-order valence-electron chi connectivity index (χ2n) is 3.50. The van der Waals surface area contributed by atoms with Crippen LogP contribution in [0.4, 0.5) is 0 Å². The van der Waals surface area contributed by atoms with Gasteiger partial charge in [-0.3, -0.25) is 0 Å². The second kappa shape index (κ2) is 3.20. The number of phenols is 1. The van der Waals surface area contributed by atoms with Crippen LogP contribution in [0.1, 0.15) is 30.0 Å². The van der Waals surface area contributed by atoms with Gasteiger partial charge in [-0.05, 0) is 42.5 Å². The number of hydrogen-bond donors (Lipinski definition) is 2. The average molecular weight is 198 g/mol. The SMILES string of the molecule is NC1CCCc2cc(O)cc(Cl)c21. The summed E-state index contributed by atoms with van der Waals surface area (Å²) in [7, 11) is 0. The molecule has 3 heteroatoms. The van der Waals surface area contributed by atoms with Gasteiger partial charge in [-0.25, -0.2) is 0 Å². The molecule has 0 heterocycles. The van der Waals surface area contributed by atoms with Crippen molar-refractivity contribution in [3.8, 4) is 5.75 Å². The average Bonchev–Trinajstić information content (AvgIpc) is 2.02. The Morgan fingerprint density at radius 1 is 1.46 bits per heavy atom. The number of benzene rings is 1. The van der Waals surface area contributed by atoms with E-state index >= 15 is 0 Å². The molecule has 1 unspecified atom stereocenters. The number of fused-ring (bicyclic) bond motifs is 1. The third-order valence-electron chi connectivity index (χ3n) is 2.53. The zero-order valence-electron chi connectivity index (χ0n) is 7.26. The highest BCUT2D eigenvalue weighted by Gasteiger charge is 2.20. The highest BCUT2D eigenvalue weighted by molar-refractivity contribution is 6.31. The molecule has 0 spiro atoms. The highest BCUT2D eigenvalue weighted by atomic mass is 35.5. The largest absolute Gasteiger partial charge is 0.508 e. The number of rotatable bonds is 0. The van der Waals surface area contributed by atoms with Crippen molar-refractivity contribution in [1.29, 1.82) is 0 Å². The first-order valence-electron chi connectivity index (χ1n) is 4.45. The summed E-state index contributed by atoms with van der Waals surface area (Å²) >= 11 is 6.00. The number of aromatic hydroxyl groups is 1.